The van der Waals surface area contributed by atoms with Gasteiger partial charge in [0.05, 0.1) is 22.5 Å². The molecule has 1 aromatic heterocycles. The number of hydrogen-bond acceptors (Lipinski definition) is 5. The van der Waals surface area contributed by atoms with E-state index in [1.54, 1.807) is 42.5 Å². The Balaban J connectivity index is 1.75. The molecule has 178 valence electrons. The highest BCUT2D eigenvalue weighted by Gasteiger charge is 2.26. The van der Waals surface area contributed by atoms with E-state index in [-0.39, 0.29) is 29.5 Å². The van der Waals surface area contributed by atoms with Crippen LogP contribution in [0.3, 0.4) is 0 Å². The van der Waals surface area contributed by atoms with Gasteiger partial charge >= 0.3 is 0 Å². The van der Waals surface area contributed by atoms with E-state index in [0.29, 0.717) is 33.8 Å². The van der Waals surface area contributed by atoms with Crippen LogP contribution >= 0.6 is 23.4 Å². The summed E-state index contributed by atoms with van der Waals surface area (Å²) in [6.45, 7) is 10.3. The molecule has 0 saturated heterocycles. The predicted octanol–water partition coefficient (Wildman–Crippen LogP) is 5.28. The standard InChI is InChI=1S/C25H28ClN5O2S/c1-5-14-31-23(22(16(2)3)28-24(33)18-12-10-17(4)11-13-18)29-30-25(31)34-15-21(32)27-20-9-7-6-8-19(20)26/h5-13,16,22H,1,14-15H2,2-4H3,(H,27,32)(H,28,33)/t22-/m1/s1. The number of para-hydroxylation sites is 1. The highest BCUT2D eigenvalue weighted by atomic mass is 35.5. The molecule has 0 aliphatic rings. The van der Waals surface area contributed by atoms with Crippen molar-refractivity contribution < 1.29 is 9.59 Å². The molecule has 2 amide bonds. The predicted molar refractivity (Wildman–Crippen MR) is 137 cm³/mol. The maximum Gasteiger partial charge on any atom is 0.251 e. The van der Waals surface area contributed by atoms with E-state index in [1.807, 2.05) is 37.5 Å². The van der Waals surface area contributed by atoms with Crippen LogP contribution in [0.2, 0.25) is 5.02 Å². The zero-order chi connectivity index (χ0) is 24.7. The Morgan fingerprint density at radius 2 is 1.85 bits per heavy atom. The van der Waals surface area contributed by atoms with Crippen molar-refractivity contribution in [3.05, 3.63) is 83.2 Å². The van der Waals surface area contributed by atoms with Gasteiger partial charge in [-0.3, -0.25) is 9.59 Å². The van der Waals surface area contributed by atoms with Gasteiger partial charge in [0.2, 0.25) is 5.91 Å². The van der Waals surface area contributed by atoms with Crippen molar-refractivity contribution >= 4 is 40.9 Å². The second-order valence-electron chi connectivity index (χ2n) is 8.12. The van der Waals surface area contributed by atoms with Crippen molar-refractivity contribution in [1.82, 2.24) is 20.1 Å². The van der Waals surface area contributed by atoms with Gasteiger partial charge < -0.3 is 15.2 Å². The van der Waals surface area contributed by atoms with Crippen molar-refractivity contribution in [2.24, 2.45) is 5.92 Å². The van der Waals surface area contributed by atoms with Gasteiger partial charge in [-0.1, -0.05) is 73.1 Å². The lowest BCUT2D eigenvalue weighted by atomic mass is 10.0. The third-order valence-electron chi connectivity index (χ3n) is 5.08. The lowest BCUT2D eigenvalue weighted by Crippen LogP contribution is -2.33. The van der Waals surface area contributed by atoms with E-state index in [4.69, 9.17) is 11.6 Å². The number of aryl methyl sites for hydroxylation is 1. The van der Waals surface area contributed by atoms with Gasteiger partial charge in [0.1, 0.15) is 0 Å². The average molecular weight is 498 g/mol. The Bertz CT molecular complexity index is 1160. The van der Waals surface area contributed by atoms with Gasteiger partial charge in [-0.2, -0.15) is 0 Å². The van der Waals surface area contributed by atoms with E-state index >= 15 is 0 Å². The van der Waals surface area contributed by atoms with Crippen molar-refractivity contribution in [2.45, 2.75) is 38.5 Å². The van der Waals surface area contributed by atoms with Gasteiger partial charge in [-0.05, 0) is 37.1 Å². The summed E-state index contributed by atoms with van der Waals surface area (Å²) >= 11 is 7.38. The van der Waals surface area contributed by atoms with E-state index in [9.17, 15) is 9.59 Å². The van der Waals surface area contributed by atoms with Crippen LogP contribution in [0.4, 0.5) is 5.69 Å². The summed E-state index contributed by atoms with van der Waals surface area (Å²) in [7, 11) is 0. The molecular weight excluding hydrogens is 470 g/mol. The minimum absolute atomic E-state index is 0.0588. The molecule has 0 saturated carbocycles. The summed E-state index contributed by atoms with van der Waals surface area (Å²) in [6, 6.07) is 14.1. The Hall–Kier alpha value is -3.10. The number of nitrogens with zero attached hydrogens (tertiary/aromatic N) is 3. The highest BCUT2D eigenvalue weighted by Crippen LogP contribution is 2.26. The first-order valence-electron chi connectivity index (χ1n) is 10.9. The molecule has 0 unspecified atom stereocenters. The molecule has 0 spiro atoms. The second-order valence-corrected chi connectivity index (χ2v) is 9.47. The minimum atomic E-state index is -0.368. The van der Waals surface area contributed by atoms with Crippen molar-refractivity contribution in [2.75, 3.05) is 11.1 Å². The Labute approximate surface area is 209 Å². The first-order chi connectivity index (χ1) is 16.3. The van der Waals surface area contributed by atoms with E-state index in [2.05, 4.69) is 27.4 Å². The summed E-state index contributed by atoms with van der Waals surface area (Å²) in [5, 5.41) is 15.6. The van der Waals surface area contributed by atoms with Crippen LogP contribution in [-0.2, 0) is 11.3 Å². The number of amides is 2. The average Bonchev–Trinajstić information content (AvgIpc) is 3.20. The third-order valence-corrected chi connectivity index (χ3v) is 6.38. The molecule has 34 heavy (non-hydrogen) atoms. The fraction of sp³-hybridized carbons (Fsp3) is 0.280. The number of thioether (sulfide) groups is 1. The summed E-state index contributed by atoms with van der Waals surface area (Å²) in [5.41, 5.74) is 2.22. The molecule has 0 aliphatic heterocycles. The Morgan fingerprint density at radius 3 is 2.50 bits per heavy atom. The van der Waals surface area contributed by atoms with Crippen LogP contribution < -0.4 is 10.6 Å². The first-order valence-corrected chi connectivity index (χ1v) is 12.2. The quantitative estimate of drug-likeness (QED) is 0.293. The molecule has 7 nitrogen and oxygen atoms in total. The summed E-state index contributed by atoms with van der Waals surface area (Å²) in [5.74, 6) is 0.414. The van der Waals surface area contributed by atoms with Crippen LogP contribution in [0, 0.1) is 12.8 Å². The van der Waals surface area contributed by atoms with Crippen LogP contribution in [0.5, 0.6) is 0 Å². The largest absolute Gasteiger partial charge is 0.342 e. The lowest BCUT2D eigenvalue weighted by molar-refractivity contribution is -0.113. The van der Waals surface area contributed by atoms with E-state index < -0.39 is 0 Å². The SMILES string of the molecule is C=CCn1c(SCC(=O)Nc2ccccc2Cl)nnc1[C@H](NC(=O)c1ccc(C)cc1)C(C)C. The van der Waals surface area contributed by atoms with Crippen molar-refractivity contribution in [3.8, 4) is 0 Å². The van der Waals surface area contributed by atoms with Gasteiger partial charge in [0.25, 0.3) is 5.91 Å². The molecule has 9 heteroatoms. The number of benzene rings is 2. The normalized spacial score (nSPS) is 11.8. The number of carbonyl (C=O) groups excluding carboxylic acids is 2. The van der Waals surface area contributed by atoms with Crippen LogP contribution in [0.1, 0.15) is 41.6 Å². The molecule has 3 aromatic rings. The van der Waals surface area contributed by atoms with Crippen molar-refractivity contribution in [3.63, 3.8) is 0 Å². The molecule has 0 aliphatic carbocycles. The van der Waals surface area contributed by atoms with Gasteiger partial charge in [0.15, 0.2) is 11.0 Å². The maximum absolute atomic E-state index is 12.9. The molecule has 0 radical (unpaired) electrons. The zero-order valence-corrected chi connectivity index (χ0v) is 21.0. The smallest absolute Gasteiger partial charge is 0.251 e. The Morgan fingerprint density at radius 1 is 1.15 bits per heavy atom. The van der Waals surface area contributed by atoms with Gasteiger partial charge in [-0.25, -0.2) is 0 Å². The van der Waals surface area contributed by atoms with Crippen LogP contribution in [0.15, 0.2) is 66.3 Å². The van der Waals surface area contributed by atoms with Crippen molar-refractivity contribution in [1.29, 1.82) is 0 Å². The Kier molecular flexibility index (Phi) is 8.90. The number of halogens is 1. The van der Waals surface area contributed by atoms with Crippen LogP contribution in [-0.4, -0.2) is 32.3 Å². The number of nitrogens with one attached hydrogen (secondary N) is 2. The number of aromatic nitrogens is 3. The summed E-state index contributed by atoms with van der Waals surface area (Å²) in [4.78, 5) is 25.3. The third kappa shape index (κ3) is 6.48. The number of anilines is 1. The van der Waals surface area contributed by atoms with E-state index in [0.717, 1.165) is 5.56 Å². The number of carbonyl (C=O) groups is 2. The topological polar surface area (TPSA) is 88.9 Å². The fourth-order valence-electron chi connectivity index (χ4n) is 3.28. The number of hydrogen-bond donors (Lipinski definition) is 2. The molecule has 3 rings (SSSR count). The summed E-state index contributed by atoms with van der Waals surface area (Å²) < 4.78 is 1.88. The number of allylic oxidation sites excluding steroid dienone is 1. The molecule has 1 atom stereocenters. The first kappa shape index (κ1) is 25.5. The maximum atomic E-state index is 12.9. The molecule has 1 heterocycles. The lowest BCUT2D eigenvalue weighted by Gasteiger charge is -2.22. The minimum Gasteiger partial charge on any atom is -0.342 e. The van der Waals surface area contributed by atoms with Gasteiger partial charge in [0, 0.05) is 12.1 Å². The summed E-state index contributed by atoms with van der Waals surface area (Å²) in [6.07, 6.45) is 1.74. The second kappa shape index (κ2) is 11.9. The molecule has 0 bridgehead atoms. The highest BCUT2D eigenvalue weighted by molar-refractivity contribution is 7.99. The van der Waals surface area contributed by atoms with E-state index in [1.165, 1.54) is 11.8 Å². The molecule has 2 N–H and O–H groups in total. The molecule has 2 aromatic carbocycles. The monoisotopic (exact) mass is 497 g/mol. The fourth-order valence-corrected chi connectivity index (χ4v) is 4.21. The van der Waals surface area contributed by atoms with Gasteiger partial charge in [-0.15, -0.1) is 16.8 Å². The zero-order valence-electron chi connectivity index (χ0n) is 19.4. The molecular formula is C25H28ClN5O2S. The molecule has 0 fully saturated rings. The number of rotatable bonds is 10. The van der Waals surface area contributed by atoms with Crippen LogP contribution in [0.25, 0.3) is 0 Å².